The number of imide groups is 1. The maximum Gasteiger partial charge on any atom is 0.360 e. The Morgan fingerprint density at radius 2 is 2.10 bits per heavy atom. The first kappa shape index (κ1) is 14.0. The second-order valence-corrected chi connectivity index (χ2v) is 4.87. The zero-order valence-electron chi connectivity index (χ0n) is 11.4. The minimum atomic E-state index is -0.892. The number of rotatable bonds is 4. The summed E-state index contributed by atoms with van der Waals surface area (Å²) in [5.41, 5.74) is -0.818. The maximum atomic E-state index is 11.9. The molecule has 9 heteroatoms. The van der Waals surface area contributed by atoms with Crippen molar-refractivity contribution in [3.8, 4) is 0 Å². The average Bonchev–Trinajstić information content (AvgIpc) is 2.92. The molecule has 0 atom stereocenters. The van der Waals surface area contributed by atoms with Gasteiger partial charge in [0.1, 0.15) is 5.54 Å². The molecule has 0 radical (unpaired) electrons. The van der Waals surface area contributed by atoms with Crippen molar-refractivity contribution in [2.75, 3.05) is 13.7 Å². The summed E-state index contributed by atoms with van der Waals surface area (Å²) in [6, 6.07) is -0.437. The van der Waals surface area contributed by atoms with E-state index in [1.54, 1.807) is 13.8 Å². The van der Waals surface area contributed by atoms with E-state index in [1.165, 1.54) is 18.0 Å². The van der Waals surface area contributed by atoms with Crippen LogP contribution in [0.2, 0.25) is 0 Å². The first-order valence-electron chi connectivity index (χ1n) is 5.97. The summed E-state index contributed by atoms with van der Waals surface area (Å²) in [5.74, 6) is -0.886. The number of urea groups is 1. The van der Waals surface area contributed by atoms with Gasteiger partial charge in [0.05, 0.1) is 26.4 Å². The van der Waals surface area contributed by atoms with Gasteiger partial charge in [-0.2, -0.15) is 0 Å². The molecule has 1 aromatic heterocycles. The second-order valence-electron chi connectivity index (χ2n) is 4.87. The van der Waals surface area contributed by atoms with E-state index in [-0.39, 0.29) is 24.7 Å². The number of ether oxygens (including phenoxy) is 1. The minimum absolute atomic E-state index is 0.0741. The Kier molecular flexibility index (Phi) is 3.43. The number of aromatic nitrogens is 3. The number of hydrogen-bond donors (Lipinski definition) is 1. The van der Waals surface area contributed by atoms with Gasteiger partial charge in [0, 0.05) is 0 Å². The van der Waals surface area contributed by atoms with Gasteiger partial charge in [-0.25, -0.2) is 14.3 Å². The molecule has 2 heterocycles. The Hall–Kier alpha value is -2.45. The number of methoxy groups -OCH3 is 1. The van der Waals surface area contributed by atoms with Gasteiger partial charge in [-0.05, 0) is 13.8 Å². The van der Waals surface area contributed by atoms with Crippen LogP contribution in [0.15, 0.2) is 6.20 Å². The van der Waals surface area contributed by atoms with Crippen LogP contribution >= 0.6 is 0 Å². The summed E-state index contributed by atoms with van der Waals surface area (Å²) in [7, 11) is 1.25. The van der Waals surface area contributed by atoms with Crippen LogP contribution in [0.3, 0.4) is 0 Å². The molecule has 0 spiro atoms. The minimum Gasteiger partial charge on any atom is -0.464 e. The Morgan fingerprint density at radius 3 is 2.65 bits per heavy atom. The Balaban J connectivity index is 1.99. The number of esters is 1. The third-order valence-corrected chi connectivity index (χ3v) is 2.93. The van der Waals surface area contributed by atoms with E-state index < -0.39 is 17.5 Å². The Morgan fingerprint density at radius 1 is 1.40 bits per heavy atom. The van der Waals surface area contributed by atoms with Crippen molar-refractivity contribution < 1.29 is 19.1 Å². The first-order valence-corrected chi connectivity index (χ1v) is 5.97. The van der Waals surface area contributed by atoms with Gasteiger partial charge < -0.3 is 10.1 Å². The van der Waals surface area contributed by atoms with Gasteiger partial charge in [-0.3, -0.25) is 9.69 Å². The molecule has 1 aromatic rings. The lowest BCUT2D eigenvalue weighted by Crippen LogP contribution is -2.40. The van der Waals surface area contributed by atoms with Gasteiger partial charge in [-0.1, -0.05) is 5.21 Å². The summed E-state index contributed by atoms with van der Waals surface area (Å²) in [6.45, 7) is 3.67. The molecular weight excluding hydrogens is 266 g/mol. The third kappa shape index (κ3) is 2.46. The summed E-state index contributed by atoms with van der Waals surface area (Å²) in [4.78, 5) is 35.9. The molecule has 1 N–H and O–H groups in total. The number of nitrogens with one attached hydrogen (secondary N) is 1. The molecule has 0 aliphatic carbocycles. The molecule has 0 saturated carbocycles. The number of carbonyl (C=O) groups excluding carboxylic acids is 3. The third-order valence-electron chi connectivity index (χ3n) is 2.93. The van der Waals surface area contributed by atoms with Crippen molar-refractivity contribution in [3.63, 3.8) is 0 Å². The molecule has 108 valence electrons. The second kappa shape index (κ2) is 4.91. The maximum absolute atomic E-state index is 11.9. The lowest BCUT2D eigenvalue weighted by Gasteiger charge is -2.15. The number of carbonyl (C=O) groups is 3. The molecule has 1 aliphatic heterocycles. The smallest absolute Gasteiger partial charge is 0.360 e. The van der Waals surface area contributed by atoms with E-state index in [2.05, 4.69) is 20.4 Å². The van der Waals surface area contributed by atoms with E-state index in [1.807, 2.05) is 0 Å². The monoisotopic (exact) mass is 281 g/mol. The van der Waals surface area contributed by atoms with Crippen molar-refractivity contribution in [2.45, 2.75) is 25.9 Å². The molecule has 2 rings (SSSR count). The SMILES string of the molecule is COC(=O)c1cn(CCN2C(=O)NC(C)(C)C2=O)nn1. The zero-order valence-corrected chi connectivity index (χ0v) is 11.4. The van der Waals surface area contributed by atoms with Gasteiger partial charge in [0.2, 0.25) is 0 Å². The van der Waals surface area contributed by atoms with Crippen LogP contribution in [-0.4, -0.2) is 57.0 Å². The van der Waals surface area contributed by atoms with E-state index in [0.29, 0.717) is 0 Å². The van der Waals surface area contributed by atoms with Crippen LogP contribution < -0.4 is 5.32 Å². The van der Waals surface area contributed by atoms with Gasteiger partial charge in [-0.15, -0.1) is 5.10 Å². The van der Waals surface area contributed by atoms with Crippen molar-refractivity contribution in [3.05, 3.63) is 11.9 Å². The summed E-state index contributed by atoms with van der Waals surface area (Å²) in [6.07, 6.45) is 1.40. The van der Waals surface area contributed by atoms with Crippen molar-refractivity contribution >= 4 is 17.9 Å². The lowest BCUT2D eigenvalue weighted by molar-refractivity contribution is -0.130. The van der Waals surface area contributed by atoms with Crippen molar-refractivity contribution in [1.82, 2.24) is 25.2 Å². The van der Waals surface area contributed by atoms with Crippen LogP contribution in [0.1, 0.15) is 24.3 Å². The van der Waals surface area contributed by atoms with E-state index >= 15 is 0 Å². The zero-order chi connectivity index (χ0) is 14.9. The van der Waals surface area contributed by atoms with Crippen LogP contribution in [0.5, 0.6) is 0 Å². The number of amides is 3. The highest BCUT2D eigenvalue weighted by atomic mass is 16.5. The molecular formula is C11H15N5O4. The van der Waals surface area contributed by atoms with Gasteiger partial charge in [0.25, 0.3) is 5.91 Å². The summed E-state index contributed by atoms with van der Waals surface area (Å²) < 4.78 is 5.88. The fraction of sp³-hybridized carbons (Fsp3) is 0.545. The van der Waals surface area contributed by atoms with Crippen LogP contribution in [0.25, 0.3) is 0 Å². The topological polar surface area (TPSA) is 106 Å². The lowest BCUT2D eigenvalue weighted by atomic mass is 10.1. The van der Waals surface area contributed by atoms with Crippen LogP contribution in [0.4, 0.5) is 4.79 Å². The number of hydrogen-bond acceptors (Lipinski definition) is 6. The van der Waals surface area contributed by atoms with Crippen molar-refractivity contribution in [2.24, 2.45) is 0 Å². The van der Waals surface area contributed by atoms with Crippen LogP contribution in [0, 0.1) is 0 Å². The molecule has 9 nitrogen and oxygen atoms in total. The highest BCUT2D eigenvalue weighted by Crippen LogP contribution is 2.16. The molecule has 0 bridgehead atoms. The highest BCUT2D eigenvalue weighted by Gasteiger charge is 2.43. The van der Waals surface area contributed by atoms with E-state index in [9.17, 15) is 14.4 Å². The van der Waals surface area contributed by atoms with Gasteiger partial charge in [0.15, 0.2) is 5.69 Å². The van der Waals surface area contributed by atoms with Crippen molar-refractivity contribution in [1.29, 1.82) is 0 Å². The molecule has 20 heavy (non-hydrogen) atoms. The Labute approximate surface area is 114 Å². The Bertz CT molecular complexity index is 565. The molecule has 1 saturated heterocycles. The van der Waals surface area contributed by atoms with Gasteiger partial charge >= 0.3 is 12.0 Å². The molecule has 0 unspecified atom stereocenters. The fourth-order valence-electron chi connectivity index (χ4n) is 1.83. The van der Waals surface area contributed by atoms with E-state index in [0.717, 1.165) is 4.90 Å². The largest absolute Gasteiger partial charge is 0.464 e. The van der Waals surface area contributed by atoms with Crippen LogP contribution in [-0.2, 0) is 16.1 Å². The summed E-state index contributed by atoms with van der Waals surface area (Å²) in [5, 5.41) is 9.94. The predicted molar refractivity (Wildman–Crippen MR) is 65.7 cm³/mol. The fourth-order valence-corrected chi connectivity index (χ4v) is 1.83. The standard InChI is InChI=1S/C11H15N5O4/c1-11(2)9(18)16(10(19)12-11)5-4-15-6-7(13-14-15)8(17)20-3/h6H,4-5H2,1-3H3,(H,12,19). The average molecular weight is 281 g/mol. The normalized spacial score (nSPS) is 17.2. The molecule has 0 aromatic carbocycles. The quantitative estimate of drug-likeness (QED) is 0.583. The highest BCUT2D eigenvalue weighted by molar-refractivity contribution is 6.06. The molecule has 3 amide bonds. The number of nitrogens with zero attached hydrogens (tertiary/aromatic N) is 4. The van der Waals surface area contributed by atoms with E-state index in [4.69, 9.17) is 0 Å². The first-order chi connectivity index (χ1) is 9.35. The molecule has 1 aliphatic rings. The predicted octanol–water partition coefficient (Wildman–Crippen LogP) is -0.605. The summed E-state index contributed by atoms with van der Waals surface area (Å²) >= 11 is 0. The molecule has 1 fully saturated rings.